The fourth-order valence-corrected chi connectivity index (χ4v) is 9.16. The van der Waals surface area contributed by atoms with Crippen LogP contribution in [0.3, 0.4) is 0 Å². The normalized spacial score (nSPS) is 12.7. The van der Waals surface area contributed by atoms with Gasteiger partial charge in [0.2, 0.25) is 5.91 Å². The van der Waals surface area contributed by atoms with Crippen LogP contribution in [0.4, 0.5) is 0 Å². The van der Waals surface area contributed by atoms with Gasteiger partial charge < -0.3 is 20.3 Å². The molecule has 2 atom stereocenters. The third kappa shape index (κ3) is 51.7. The van der Waals surface area contributed by atoms with Gasteiger partial charge in [0.05, 0.1) is 25.4 Å². The van der Waals surface area contributed by atoms with Crippen molar-refractivity contribution < 1.29 is 24.5 Å². The second kappa shape index (κ2) is 55.9. The summed E-state index contributed by atoms with van der Waals surface area (Å²) in [6, 6.07) is -0.635. The van der Waals surface area contributed by atoms with Crippen LogP contribution in [0, 0.1) is 0 Å². The Labute approximate surface area is 411 Å². The Balaban J connectivity index is 3.47. The highest BCUT2D eigenvalue weighted by Crippen LogP contribution is 2.17. The maximum atomic E-state index is 12.5. The summed E-state index contributed by atoms with van der Waals surface area (Å²) in [5, 5.41) is 23.1. The Morgan fingerprint density at radius 2 is 0.712 bits per heavy atom. The van der Waals surface area contributed by atoms with Gasteiger partial charge in [0.25, 0.3) is 0 Å². The van der Waals surface area contributed by atoms with Gasteiger partial charge in [0.1, 0.15) is 0 Å². The van der Waals surface area contributed by atoms with Gasteiger partial charge in [0.15, 0.2) is 0 Å². The zero-order valence-electron chi connectivity index (χ0n) is 44.4. The number of aliphatic hydroxyl groups excluding tert-OH is 2. The van der Waals surface area contributed by atoms with Crippen LogP contribution in [-0.2, 0) is 14.3 Å². The number of aliphatic hydroxyl groups is 2. The first-order chi connectivity index (χ1) is 32.5. The molecule has 0 heterocycles. The van der Waals surface area contributed by atoms with Crippen molar-refractivity contribution in [2.24, 2.45) is 0 Å². The maximum absolute atomic E-state index is 12.5. The Kier molecular flexibility index (Phi) is 54.5. The third-order valence-electron chi connectivity index (χ3n) is 13.7. The molecular weight excluding hydrogens is 815 g/mol. The number of carbonyl (C=O) groups excluding carboxylic acids is 2. The molecule has 0 radical (unpaired) electrons. The lowest BCUT2D eigenvalue weighted by Crippen LogP contribution is -2.45. The molecule has 66 heavy (non-hydrogen) atoms. The summed E-state index contributed by atoms with van der Waals surface area (Å²) in [6.45, 7) is 4.91. The summed E-state index contributed by atoms with van der Waals surface area (Å²) < 4.78 is 5.47. The van der Waals surface area contributed by atoms with Crippen LogP contribution in [0.25, 0.3) is 0 Å². The van der Waals surface area contributed by atoms with Gasteiger partial charge in [-0.25, -0.2) is 0 Å². The quantitative estimate of drug-likeness (QED) is 0.0321. The number of esters is 1. The van der Waals surface area contributed by atoms with Crippen molar-refractivity contribution in [3.63, 3.8) is 0 Å². The summed E-state index contributed by atoms with van der Waals surface area (Å²) in [4.78, 5) is 24.5. The Hall–Kier alpha value is -1.66. The molecule has 0 saturated heterocycles. The minimum absolute atomic E-state index is 0.00492. The minimum atomic E-state index is -0.850. The highest BCUT2D eigenvalue weighted by molar-refractivity contribution is 5.76. The summed E-state index contributed by atoms with van der Waals surface area (Å²) >= 11 is 0. The van der Waals surface area contributed by atoms with Crippen LogP contribution in [0.15, 0.2) is 24.3 Å². The Morgan fingerprint density at radius 1 is 0.409 bits per heavy atom. The maximum Gasteiger partial charge on any atom is 0.305 e. The van der Waals surface area contributed by atoms with E-state index in [0.29, 0.717) is 19.4 Å². The molecule has 0 saturated carbocycles. The van der Waals surface area contributed by atoms with Crippen LogP contribution in [0.5, 0.6) is 0 Å². The molecule has 0 rings (SSSR count). The van der Waals surface area contributed by atoms with E-state index in [1.165, 1.54) is 244 Å². The van der Waals surface area contributed by atoms with Gasteiger partial charge in [0, 0.05) is 12.8 Å². The second-order valence-electron chi connectivity index (χ2n) is 20.3. The van der Waals surface area contributed by atoms with Crippen molar-refractivity contribution in [1.29, 1.82) is 0 Å². The van der Waals surface area contributed by atoms with E-state index in [0.717, 1.165) is 51.4 Å². The van der Waals surface area contributed by atoms with Crippen molar-refractivity contribution >= 4 is 11.9 Å². The molecule has 2 unspecified atom stereocenters. The van der Waals surface area contributed by atoms with E-state index in [-0.39, 0.29) is 18.5 Å². The fourth-order valence-electron chi connectivity index (χ4n) is 9.16. The monoisotopic (exact) mass is 930 g/mol. The molecule has 0 bridgehead atoms. The number of hydrogen-bond acceptors (Lipinski definition) is 5. The number of rotatable bonds is 55. The number of ether oxygens (including phenoxy) is 1. The Morgan fingerprint density at radius 3 is 1.08 bits per heavy atom. The van der Waals surface area contributed by atoms with E-state index in [1.807, 2.05) is 6.08 Å². The van der Waals surface area contributed by atoms with Crippen molar-refractivity contribution in [3.05, 3.63) is 24.3 Å². The number of amides is 1. The topological polar surface area (TPSA) is 95.9 Å². The molecule has 0 aromatic carbocycles. The van der Waals surface area contributed by atoms with Crippen LogP contribution in [0.2, 0.25) is 0 Å². The predicted octanol–water partition coefficient (Wildman–Crippen LogP) is 18.2. The van der Waals surface area contributed by atoms with Crippen molar-refractivity contribution in [3.8, 4) is 0 Å². The molecule has 0 spiro atoms. The zero-order valence-corrected chi connectivity index (χ0v) is 44.4. The molecule has 0 fully saturated rings. The predicted molar refractivity (Wildman–Crippen MR) is 287 cm³/mol. The van der Waals surface area contributed by atoms with Gasteiger partial charge >= 0.3 is 5.97 Å². The average molecular weight is 931 g/mol. The Bertz CT molecular complexity index is 1030. The van der Waals surface area contributed by atoms with Gasteiger partial charge in [-0.05, 0) is 57.8 Å². The molecule has 0 aliphatic carbocycles. The number of allylic oxidation sites excluding steroid dienone is 3. The van der Waals surface area contributed by atoms with Crippen molar-refractivity contribution in [1.82, 2.24) is 5.32 Å². The summed E-state index contributed by atoms with van der Waals surface area (Å²) in [6.07, 6.45) is 67.7. The summed E-state index contributed by atoms with van der Waals surface area (Å²) in [7, 11) is 0. The van der Waals surface area contributed by atoms with Gasteiger partial charge in [-0.1, -0.05) is 276 Å². The molecular formula is C60H115NO5. The lowest BCUT2D eigenvalue weighted by atomic mass is 10.0. The molecule has 6 heteroatoms. The molecule has 1 amide bonds. The van der Waals surface area contributed by atoms with Gasteiger partial charge in [-0.15, -0.1) is 0 Å². The first-order valence-corrected chi connectivity index (χ1v) is 29.6. The second-order valence-corrected chi connectivity index (χ2v) is 20.3. The van der Waals surface area contributed by atoms with Crippen molar-refractivity contribution in [2.45, 2.75) is 334 Å². The van der Waals surface area contributed by atoms with Gasteiger partial charge in [-0.3, -0.25) is 9.59 Å². The van der Waals surface area contributed by atoms with Crippen LogP contribution in [-0.4, -0.2) is 47.4 Å². The number of unbranched alkanes of at least 4 members (excludes halogenated alkanes) is 42. The van der Waals surface area contributed by atoms with E-state index >= 15 is 0 Å². The molecule has 6 nitrogen and oxygen atoms in total. The molecule has 3 N–H and O–H groups in total. The SMILES string of the molecule is CCCCCCCCCCCCCCCCC/C=C/C(O)C(CO)NC(=O)CCCCCCCCC/C=C\CCCCCCCCCCOC(=O)CCCCCCCCCCCCCCC. The lowest BCUT2D eigenvalue weighted by molar-refractivity contribution is -0.143. The molecule has 0 aliphatic rings. The molecule has 0 aliphatic heterocycles. The van der Waals surface area contributed by atoms with E-state index in [4.69, 9.17) is 4.74 Å². The van der Waals surface area contributed by atoms with E-state index in [9.17, 15) is 19.8 Å². The summed E-state index contributed by atoms with van der Waals surface area (Å²) in [5.41, 5.74) is 0. The average Bonchev–Trinajstić information content (AvgIpc) is 3.32. The minimum Gasteiger partial charge on any atom is -0.466 e. The number of carbonyl (C=O) groups is 2. The first-order valence-electron chi connectivity index (χ1n) is 29.6. The lowest BCUT2D eigenvalue weighted by Gasteiger charge is -2.20. The van der Waals surface area contributed by atoms with E-state index in [1.54, 1.807) is 6.08 Å². The third-order valence-corrected chi connectivity index (χ3v) is 13.7. The molecule has 0 aromatic heterocycles. The number of nitrogens with one attached hydrogen (secondary N) is 1. The van der Waals surface area contributed by atoms with E-state index in [2.05, 4.69) is 31.3 Å². The summed E-state index contributed by atoms with van der Waals surface area (Å²) in [5.74, 6) is -0.0708. The fraction of sp³-hybridized carbons (Fsp3) is 0.900. The highest BCUT2D eigenvalue weighted by Gasteiger charge is 2.18. The largest absolute Gasteiger partial charge is 0.466 e. The highest BCUT2D eigenvalue weighted by atomic mass is 16.5. The van der Waals surface area contributed by atoms with Crippen LogP contribution in [0.1, 0.15) is 322 Å². The van der Waals surface area contributed by atoms with Gasteiger partial charge in [-0.2, -0.15) is 0 Å². The smallest absolute Gasteiger partial charge is 0.305 e. The number of hydrogen-bond donors (Lipinski definition) is 3. The zero-order chi connectivity index (χ0) is 47.9. The first kappa shape index (κ1) is 64.3. The van der Waals surface area contributed by atoms with Crippen molar-refractivity contribution in [2.75, 3.05) is 13.2 Å². The molecule has 0 aromatic rings. The van der Waals surface area contributed by atoms with Crippen LogP contribution < -0.4 is 5.32 Å². The van der Waals surface area contributed by atoms with E-state index < -0.39 is 12.1 Å². The van der Waals surface area contributed by atoms with Crippen LogP contribution >= 0.6 is 0 Å². The molecule has 390 valence electrons. The standard InChI is InChI=1S/C60H115NO5/c1-3-5-7-9-11-13-15-17-18-22-25-29-32-36-40-44-48-52-58(63)57(56-62)61-59(64)53-49-45-41-37-33-30-26-23-20-19-21-24-27-31-35-39-43-47-51-55-66-60(65)54-50-46-42-38-34-28-16-14-12-10-8-6-4-2/h19-20,48,52,57-58,62-63H,3-18,21-47,49-51,53-56H2,1-2H3,(H,61,64)/b20-19-,52-48+.